The molecule has 2 aliphatic rings. The van der Waals surface area contributed by atoms with E-state index in [2.05, 4.69) is 15.3 Å². The number of carbonyl (C=O) groups excluding carboxylic acids is 2. The van der Waals surface area contributed by atoms with Crippen molar-refractivity contribution in [2.24, 2.45) is 5.92 Å². The lowest BCUT2D eigenvalue weighted by molar-refractivity contribution is -0.141. The summed E-state index contributed by atoms with van der Waals surface area (Å²) in [5.74, 6) is -2.93. The number of amides is 2. The minimum absolute atomic E-state index is 0.0131. The number of nitrogens with zero attached hydrogens (tertiary/aromatic N) is 4. The highest BCUT2D eigenvalue weighted by Crippen LogP contribution is 2.42. The van der Waals surface area contributed by atoms with Gasteiger partial charge < -0.3 is 15.3 Å². The predicted octanol–water partition coefficient (Wildman–Crippen LogP) is 3.83. The molecular formula is C25H26ClF4N5O4. The summed E-state index contributed by atoms with van der Waals surface area (Å²) in [5, 5.41) is 13.0. The Morgan fingerprint density at radius 2 is 1.90 bits per heavy atom. The smallest absolute Gasteiger partial charge is 0.434 e. The van der Waals surface area contributed by atoms with Gasteiger partial charge >= 0.3 is 12.3 Å². The Kier molecular flexibility index (Phi) is 8.12. The lowest BCUT2D eigenvalue weighted by atomic mass is 9.71. The van der Waals surface area contributed by atoms with Crippen molar-refractivity contribution in [1.29, 1.82) is 0 Å². The molecule has 1 aromatic carbocycles. The zero-order chi connectivity index (χ0) is 28.5. The van der Waals surface area contributed by atoms with Gasteiger partial charge in [-0.2, -0.15) is 13.2 Å². The molecule has 2 atom stereocenters. The first-order valence-electron chi connectivity index (χ1n) is 12.3. The van der Waals surface area contributed by atoms with E-state index in [1.54, 1.807) is 13.0 Å². The molecule has 39 heavy (non-hydrogen) atoms. The van der Waals surface area contributed by atoms with Gasteiger partial charge in [-0.05, 0) is 37.5 Å². The highest BCUT2D eigenvalue weighted by atomic mass is 35.5. The Balaban J connectivity index is 1.56. The van der Waals surface area contributed by atoms with Gasteiger partial charge in [0.15, 0.2) is 11.5 Å². The normalized spacial score (nSPS) is 22.1. The number of rotatable bonds is 6. The molecule has 2 saturated heterocycles. The summed E-state index contributed by atoms with van der Waals surface area (Å²) >= 11 is 5.84. The van der Waals surface area contributed by atoms with E-state index in [-0.39, 0.29) is 62.1 Å². The largest absolute Gasteiger partial charge is 0.465 e. The van der Waals surface area contributed by atoms with Gasteiger partial charge in [0.05, 0.1) is 17.4 Å². The fourth-order valence-corrected chi connectivity index (χ4v) is 5.65. The quantitative estimate of drug-likeness (QED) is 0.506. The average molecular weight is 572 g/mol. The first-order chi connectivity index (χ1) is 18.4. The van der Waals surface area contributed by atoms with Crippen LogP contribution in [-0.4, -0.2) is 80.9 Å². The van der Waals surface area contributed by atoms with Crippen molar-refractivity contribution in [3.05, 3.63) is 58.4 Å². The van der Waals surface area contributed by atoms with E-state index in [1.807, 2.05) is 0 Å². The molecule has 0 spiro atoms. The number of carbonyl (C=O) groups is 3. The van der Waals surface area contributed by atoms with Crippen molar-refractivity contribution in [2.75, 3.05) is 32.7 Å². The van der Waals surface area contributed by atoms with E-state index in [4.69, 9.17) is 11.6 Å². The zero-order valence-electron chi connectivity index (χ0n) is 20.8. The van der Waals surface area contributed by atoms with E-state index in [1.165, 1.54) is 17.0 Å². The number of Topliss-reactive ketones (excluding diaryl/α,β-unsaturated/α-hetero) is 1. The van der Waals surface area contributed by atoms with E-state index >= 15 is 0 Å². The molecule has 210 valence electrons. The molecule has 2 amide bonds. The van der Waals surface area contributed by atoms with Crippen molar-refractivity contribution in [1.82, 2.24) is 25.1 Å². The standard InChI is InChI=1S/C25H26ClF4N5O4/c1-2-35(23(38)39)24(13-31-10-16(24)15-3-4-17(26)18(27)9-15)21(36)14-5-7-34(8-6-14)22(37)19-11-33-20(12-32-19)25(28,29)30/h3-4,9,11-12,14,16,31H,2,5-8,10,13H2,1H3,(H,38,39)/t16-,24+/m0/s1. The SMILES string of the molecule is CCN(C(=O)O)[C@]1(C(=O)C2CCN(C(=O)c3cnc(C(F)(F)F)cn3)CC2)CNC[C@H]1c1ccc(Cl)c(F)c1. The lowest BCUT2D eigenvalue weighted by Crippen LogP contribution is -2.63. The molecule has 0 aliphatic carbocycles. The van der Waals surface area contributed by atoms with Gasteiger partial charge in [-0.3, -0.25) is 14.5 Å². The molecule has 1 aromatic heterocycles. The fourth-order valence-electron chi connectivity index (χ4n) is 5.53. The Hall–Kier alpha value is -3.32. The van der Waals surface area contributed by atoms with Crippen LogP contribution in [0.15, 0.2) is 30.6 Å². The molecule has 14 heteroatoms. The topological polar surface area (TPSA) is 116 Å². The van der Waals surface area contributed by atoms with E-state index in [0.29, 0.717) is 11.8 Å². The van der Waals surface area contributed by atoms with Crippen LogP contribution in [0.3, 0.4) is 0 Å². The number of likely N-dealkylation sites (tertiary alicyclic amines) is 1. The van der Waals surface area contributed by atoms with Crippen LogP contribution in [0.5, 0.6) is 0 Å². The van der Waals surface area contributed by atoms with Crippen molar-refractivity contribution in [3.8, 4) is 0 Å². The first-order valence-corrected chi connectivity index (χ1v) is 12.7. The summed E-state index contributed by atoms with van der Waals surface area (Å²) < 4.78 is 52.6. The van der Waals surface area contributed by atoms with Crippen LogP contribution in [-0.2, 0) is 11.0 Å². The molecule has 9 nitrogen and oxygen atoms in total. The zero-order valence-corrected chi connectivity index (χ0v) is 21.6. The fraction of sp³-hybridized carbons (Fsp3) is 0.480. The first kappa shape index (κ1) is 28.7. The summed E-state index contributed by atoms with van der Waals surface area (Å²) in [6.45, 7) is 2.12. The maximum atomic E-state index is 14.4. The van der Waals surface area contributed by atoms with Gasteiger partial charge in [0, 0.05) is 44.6 Å². The predicted molar refractivity (Wildman–Crippen MR) is 131 cm³/mol. The lowest BCUT2D eigenvalue weighted by Gasteiger charge is -2.44. The van der Waals surface area contributed by atoms with Gasteiger partial charge in [-0.1, -0.05) is 17.7 Å². The molecular weight excluding hydrogens is 546 g/mol. The second-order valence-electron chi connectivity index (χ2n) is 9.52. The molecule has 2 aromatic rings. The molecule has 0 unspecified atom stereocenters. The summed E-state index contributed by atoms with van der Waals surface area (Å²) in [6, 6.07) is 4.16. The van der Waals surface area contributed by atoms with Crippen LogP contribution >= 0.6 is 11.6 Å². The van der Waals surface area contributed by atoms with Gasteiger partial charge in [0.1, 0.15) is 17.1 Å². The number of halogens is 5. The van der Waals surface area contributed by atoms with Crippen LogP contribution in [0.1, 0.15) is 47.4 Å². The van der Waals surface area contributed by atoms with Crippen LogP contribution in [0.2, 0.25) is 5.02 Å². The number of benzene rings is 1. The van der Waals surface area contributed by atoms with Crippen LogP contribution < -0.4 is 5.32 Å². The Bertz CT molecular complexity index is 1250. The van der Waals surface area contributed by atoms with Crippen molar-refractivity contribution < 1.29 is 37.1 Å². The molecule has 2 fully saturated rings. The Morgan fingerprint density at radius 1 is 1.21 bits per heavy atom. The summed E-state index contributed by atoms with van der Waals surface area (Å²) in [7, 11) is 0. The number of alkyl halides is 3. The molecule has 2 N–H and O–H groups in total. The number of carboxylic acid groups (broad SMARTS) is 1. The summed E-state index contributed by atoms with van der Waals surface area (Å²) in [6.07, 6.45) is -4.30. The molecule has 4 rings (SSSR count). The number of hydrogen-bond acceptors (Lipinski definition) is 6. The van der Waals surface area contributed by atoms with Gasteiger partial charge in [-0.15, -0.1) is 0 Å². The van der Waals surface area contributed by atoms with Gasteiger partial charge in [-0.25, -0.2) is 19.2 Å². The third kappa shape index (κ3) is 5.42. The second kappa shape index (κ2) is 11.0. The van der Waals surface area contributed by atoms with Crippen molar-refractivity contribution in [3.63, 3.8) is 0 Å². The molecule has 2 aliphatic heterocycles. The number of hydrogen-bond donors (Lipinski definition) is 2. The van der Waals surface area contributed by atoms with Crippen LogP contribution in [0.25, 0.3) is 0 Å². The molecule has 0 bridgehead atoms. The number of piperidine rings is 1. The molecule has 3 heterocycles. The summed E-state index contributed by atoms with van der Waals surface area (Å²) in [4.78, 5) is 48.6. The Labute approximate surface area is 226 Å². The van der Waals surface area contributed by atoms with E-state index < -0.39 is 47.1 Å². The number of nitrogens with one attached hydrogen (secondary N) is 1. The van der Waals surface area contributed by atoms with Crippen molar-refractivity contribution >= 4 is 29.4 Å². The van der Waals surface area contributed by atoms with Crippen molar-refractivity contribution in [2.45, 2.75) is 37.4 Å². The van der Waals surface area contributed by atoms with E-state index in [9.17, 15) is 37.1 Å². The number of ketones is 1. The third-order valence-corrected chi connectivity index (χ3v) is 7.74. The molecule has 0 saturated carbocycles. The average Bonchev–Trinajstić information content (AvgIpc) is 3.35. The minimum Gasteiger partial charge on any atom is -0.465 e. The summed E-state index contributed by atoms with van der Waals surface area (Å²) in [5.41, 5.74) is -2.55. The number of likely N-dealkylation sites (N-methyl/N-ethyl adjacent to an activating group) is 1. The van der Waals surface area contributed by atoms with Crippen LogP contribution in [0, 0.1) is 11.7 Å². The van der Waals surface area contributed by atoms with Gasteiger partial charge in [0.25, 0.3) is 5.91 Å². The van der Waals surface area contributed by atoms with Crippen LogP contribution in [0.4, 0.5) is 22.4 Å². The molecule has 0 radical (unpaired) electrons. The monoisotopic (exact) mass is 571 g/mol. The second-order valence-corrected chi connectivity index (χ2v) is 9.93. The highest BCUT2D eigenvalue weighted by molar-refractivity contribution is 6.30. The maximum Gasteiger partial charge on any atom is 0.434 e. The highest BCUT2D eigenvalue weighted by Gasteiger charge is 2.57. The van der Waals surface area contributed by atoms with E-state index in [0.717, 1.165) is 11.1 Å². The number of aromatic nitrogens is 2. The van der Waals surface area contributed by atoms with Gasteiger partial charge in [0.2, 0.25) is 0 Å². The Morgan fingerprint density at radius 3 is 2.44 bits per heavy atom. The third-order valence-electron chi connectivity index (χ3n) is 7.44. The minimum atomic E-state index is -4.68. The maximum absolute atomic E-state index is 14.4.